The molecule has 0 bridgehead atoms. The molecule has 1 N–H and O–H groups in total. The van der Waals surface area contributed by atoms with Crippen molar-refractivity contribution < 1.29 is 0 Å². The van der Waals surface area contributed by atoms with Gasteiger partial charge in [0.15, 0.2) is 10.6 Å². The molecule has 0 aliphatic heterocycles. The Morgan fingerprint density at radius 2 is 2.21 bits per heavy atom. The van der Waals surface area contributed by atoms with E-state index in [4.69, 9.17) is 23.8 Å². The van der Waals surface area contributed by atoms with Crippen molar-refractivity contribution in [1.82, 2.24) is 14.8 Å². The molecule has 1 aliphatic rings. The van der Waals surface area contributed by atoms with E-state index < -0.39 is 0 Å². The lowest BCUT2D eigenvalue weighted by molar-refractivity contribution is 0.516. The summed E-state index contributed by atoms with van der Waals surface area (Å²) in [6.07, 6.45) is 7.81. The summed E-state index contributed by atoms with van der Waals surface area (Å²) in [6.45, 7) is 0. The molecule has 3 nitrogen and oxygen atoms in total. The molecule has 1 aliphatic carbocycles. The minimum absolute atomic E-state index is 0.270. The molecule has 3 rings (SSSR count). The molecule has 1 unspecified atom stereocenters. The average molecular weight is 292 g/mol. The van der Waals surface area contributed by atoms with Gasteiger partial charge in [-0.25, -0.2) is 0 Å². The Labute approximate surface area is 121 Å². The summed E-state index contributed by atoms with van der Waals surface area (Å²) in [5.41, 5.74) is 0.912. The molecule has 1 heterocycles. The predicted octanol–water partition coefficient (Wildman–Crippen LogP) is 4.54. The lowest BCUT2D eigenvalue weighted by Crippen LogP contribution is -2.10. The van der Waals surface area contributed by atoms with Crippen LogP contribution in [0.1, 0.15) is 25.3 Å². The van der Waals surface area contributed by atoms with Crippen LogP contribution in [-0.4, -0.2) is 14.8 Å². The van der Waals surface area contributed by atoms with Crippen LogP contribution >= 0.6 is 23.8 Å². The smallest absolute Gasteiger partial charge is 0.196 e. The summed E-state index contributed by atoms with van der Waals surface area (Å²) in [4.78, 5) is 0. The number of aromatic nitrogens is 3. The van der Waals surface area contributed by atoms with Gasteiger partial charge in [-0.3, -0.25) is 9.67 Å². The van der Waals surface area contributed by atoms with Crippen LogP contribution in [0, 0.1) is 4.77 Å². The van der Waals surface area contributed by atoms with Gasteiger partial charge in [0.2, 0.25) is 0 Å². The van der Waals surface area contributed by atoms with Crippen molar-refractivity contribution in [3.63, 3.8) is 0 Å². The van der Waals surface area contributed by atoms with Crippen molar-refractivity contribution in [3.05, 3.63) is 46.2 Å². The molecule has 0 saturated heterocycles. The highest BCUT2D eigenvalue weighted by molar-refractivity contribution is 7.71. The lowest BCUT2D eigenvalue weighted by atomic mass is 10.0. The molecule has 0 spiro atoms. The van der Waals surface area contributed by atoms with Crippen molar-refractivity contribution in [2.45, 2.75) is 25.3 Å². The lowest BCUT2D eigenvalue weighted by Gasteiger charge is -2.19. The minimum Gasteiger partial charge on any atom is -0.293 e. The maximum atomic E-state index is 6.26. The fraction of sp³-hybridized carbons (Fsp3) is 0.286. The second kappa shape index (κ2) is 5.31. The van der Waals surface area contributed by atoms with Crippen LogP contribution in [-0.2, 0) is 0 Å². The van der Waals surface area contributed by atoms with Crippen LogP contribution in [0.15, 0.2) is 36.4 Å². The van der Waals surface area contributed by atoms with Gasteiger partial charge in [-0.1, -0.05) is 35.9 Å². The van der Waals surface area contributed by atoms with E-state index in [1.54, 1.807) is 0 Å². The normalized spacial score (nSPS) is 18.7. The largest absolute Gasteiger partial charge is 0.293 e. The van der Waals surface area contributed by atoms with Crippen molar-refractivity contribution in [2.75, 3.05) is 0 Å². The van der Waals surface area contributed by atoms with E-state index >= 15 is 0 Å². The number of hydrogen-bond donors (Lipinski definition) is 1. The maximum Gasteiger partial charge on any atom is 0.196 e. The Kier molecular flexibility index (Phi) is 3.53. The van der Waals surface area contributed by atoms with Crippen molar-refractivity contribution >= 4 is 23.8 Å². The molecule has 2 aromatic rings. The van der Waals surface area contributed by atoms with Crippen LogP contribution < -0.4 is 0 Å². The fourth-order valence-electron chi connectivity index (χ4n) is 2.45. The number of aromatic amines is 1. The van der Waals surface area contributed by atoms with E-state index in [-0.39, 0.29) is 6.04 Å². The zero-order chi connectivity index (χ0) is 13.2. The third-order valence-corrected chi connectivity index (χ3v) is 4.00. The third kappa shape index (κ3) is 2.38. The molecule has 1 aromatic carbocycles. The summed E-state index contributed by atoms with van der Waals surface area (Å²) >= 11 is 11.6. The number of H-pyrrole nitrogens is 1. The Morgan fingerprint density at radius 1 is 1.37 bits per heavy atom. The molecule has 0 radical (unpaired) electrons. The van der Waals surface area contributed by atoms with Gasteiger partial charge >= 0.3 is 0 Å². The Balaban J connectivity index is 2.13. The number of benzene rings is 1. The first kappa shape index (κ1) is 12.6. The van der Waals surface area contributed by atoms with Gasteiger partial charge in [-0.05, 0) is 43.6 Å². The second-order valence-electron chi connectivity index (χ2n) is 4.63. The molecule has 19 heavy (non-hydrogen) atoms. The summed E-state index contributed by atoms with van der Waals surface area (Å²) in [6, 6.07) is 7.98. The van der Waals surface area contributed by atoms with Crippen LogP contribution in [0.5, 0.6) is 0 Å². The molecule has 0 saturated carbocycles. The molecule has 1 aromatic heterocycles. The molecule has 0 amide bonds. The van der Waals surface area contributed by atoms with Crippen LogP contribution in [0.2, 0.25) is 5.02 Å². The van der Waals surface area contributed by atoms with Gasteiger partial charge in [-0.15, -0.1) is 0 Å². The first-order chi connectivity index (χ1) is 9.27. The number of hydrogen-bond acceptors (Lipinski definition) is 2. The predicted molar refractivity (Wildman–Crippen MR) is 79.9 cm³/mol. The standard InChI is InChI=1S/C14H14ClN3S/c15-12-9-5-4-8-11(12)13-16-17-14(19)18(13)10-6-2-1-3-7-10/h2,4-6,8-10H,1,3,7H2,(H,17,19). The number of nitrogens with zero attached hydrogens (tertiary/aromatic N) is 2. The Morgan fingerprint density at radius 3 is 2.95 bits per heavy atom. The number of halogens is 1. The number of allylic oxidation sites excluding steroid dienone is 2. The third-order valence-electron chi connectivity index (χ3n) is 3.38. The van der Waals surface area contributed by atoms with E-state index in [2.05, 4.69) is 26.9 Å². The molecule has 5 heteroatoms. The second-order valence-corrected chi connectivity index (χ2v) is 5.42. The molecule has 1 atom stereocenters. The topological polar surface area (TPSA) is 33.6 Å². The van der Waals surface area contributed by atoms with E-state index in [9.17, 15) is 0 Å². The number of nitrogens with one attached hydrogen (secondary N) is 1. The van der Waals surface area contributed by atoms with Crippen molar-refractivity contribution in [2.24, 2.45) is 0 Å². The maximum absolute atomic E-state index is 6.26. The molecular weight excluding hydrogens is 278 g/mol. The van der Waals surface area contributed by atoms with Crippen LogP contribution in [0.25, 0.3) is 11.4 Å². The van der Waals surface area contributed by atoms with Gasteiger partial charge in [0, 0.05) is 5.56 Å². The van der Waals surface area contributed by atoms with Gasteiger partial charge in [-0.2, -0.15) is 5.10 Å². The Bertz CT molecular complexity index is 671. The fourth-order valence-corrected chi connectivity index (χ4v) is 2.94. The zero-order valence-corrected chi connectivity index (χ0v) is 11.9. The van der Waals surface area contributed by atoms with E-state index in [1.807, 2.05) is 24.3 Å². The SMILES string of the molecule is S=c1[nH]nc(-c2ccccc2Cl)n1C1C=CCCC1. The van der Waals surface area contributed by atoms with Gasteiger partial charge < -0.3 is 0 Å². The van der Waals surface area contributed by atoms with Crippen molar-refractivity contribution in [1.29, 1.82) is 0 Å². The van der Waals surface area contributed by atoms with Gasteiger partial charge in [0.05, 0.1) is 11.1 Å². The van der Waals surface area contributed by atoms with E-state index in [1.165, 1.54) is 6.42 Å². The molecule has 0 fully saturated rings. The zero-order valence-electron chi connectivity index (χ0n) is 10.3. The average Bonchev–Trinajstić information content (AvgIpc) is 2.82. The first-order valence-electron chi connectivity index (χ1n) is 6.36. The Hall–Kier alpha value is -1.39. The summed E-state index contributed by atoms with van der Waals surface area (Å²) in [5.74, 6) is 0.812. The van der Waals surface area contributed by atoms with Gasteiger partial charge in [0.25, 0.3) is 0 Å². The van der Waals surface area contributed by atoms with Crippen molar-refractivity contribution in [3.8, 4) is 11.4 Å². The highest BCUT2D eigenvalue weighted by atomic mass is 35.5. The highest BCUT2D eigenvalue weighted by Gasteiger charge is 2.18. The quantitative estimate of drug-likeness (QED) is 0.651. The van der Waals surface area contributed by atoms with E-state index in [0.29, 0.717) is 9.79 Å². The monoisotopic (exact) mass is 291 g/mol. The molecule has 98 valence electrons. The van der Waals surface area contributed by atoms with E-state index in [0.717, 1.165) is 24.2 Å². The summed E-state index contributed by atoms with van der Waals surface area (Å²) < 4.78 is 2.71. The van der Waals surface area contributed by atoms with Crippen LogP contribution in [0.4, 0.5) is 0 Å². The highest BCUT2D eigenvalue weighted by Crippen LogP contribution is 2.31. The van der Waals surface area contributed by atoms with Crippen LogP contribution in [0.3, 0.4) is 0 Å². The first-order valence-corrected chi connectivity index (χ1v) is 7.14. The summed E-state index contributed by atoms with van der Waals surface area (Å²) in [5, 5.41) is 7.93. The number of rotatable bonds is 2. The minimum atomic E-state index is 0.270. The van der Waals surface area contributed by atoms with Gasteiger partial charge in [0.1, 0.15) is 0 Å². The summed E-state index contributed by atoms with van der Waals surface area (Å²) in [7, 11) is 0. The molecular formula is C14H14ClN3S.